The van der Waals surface area contributed by atoms with Crippen LogP contribution < -0.4 is 10.6 Å². The fourth-order valence-electron chi connectivity index (χ4n) is 2.38. The molecular formula is C20H15ClFN3O3. The summed E-state index contributed by atoms with van der Waals surface area (Å²) < 4.78 is 17.9. The average molecular weight is 400 g/mol. The van der Waals surface area contributed by atoms with Crippen LogP contribution in [-0.4, -0.2) is 24.0 Å². The lowest BCUT2D eigenvalue weighted by atomic mass is 10.2. The normalized spacial score (nSPS) is 10.2. The van der Waals surface area contributed by atoms with Crippen molar-refractivity contribution in [2.24, 2.45) is 0 Å². The molecule has 0 bridgehead atoms. The second-order valence-electron chi connectivity index (χ2n) is 5.71. The van der Waals surface area contributed by atoms with Crippen molar-refractivity contribution in [2.45, 2.75) is 0 Å². The number of aromatic nitrogens is 1. The van der Waals surface area contributed by atoms with Gasteiger partial charge in [0, 0.05) is 11.4 Å². The summed E-state index contributed by atoms with van der Waals surface area (Å²) in [5, 5.41) is 5.69. The van der Waals surface area contributed by atoms with Crippen LogP contribution in [0.4, 0.5) is 21.5 Å². The summed E-state index contributed by atoms with van der Waals surface area (Å²) in [5.41, 5.74) is 2.15. The quantitative estimate of drug-likeness (QED) is 0.610. The number of carbonyl (C=O) groups excluding carboxylic acids is 2. The van der Waals surface area contributed by atoms with Crippen LogP contribution in [0.5, 0.6) is 0 Å². The number of amides is 1. The molecule has 0 aliphatic carbocycles. The molecule has 0 fully saturated rings. The SMILES string of the molecule is COC(=O)c1cccc(NC(=O)c2ccc(Nc3ccc(F)c(Cl)c3)cn2)c1. The first kappa shape index (κ1) is 19.3. The Balaban J connectivity index is 1.68. The third kappa shape index (κ3) is 4.63. The van der Waals surface area contributed by atoms with E-state index in [2.05, 4.69) is 20.4 Å². The van der Waals surface area contributed by atoms with Crippen LogP contribution in [0.1, 0.15) is 20.8 Å². The number of carbonyl (C=O) groups is 2. The molecule has 6 nitrogen and oxygen atoms in total. The van der Waals surface area contributed by atoms with Gasteiger partial charge >= 0.3 is 5.97 Å². The van der Waals surface area contributed by atoms with Gasteiger partial charge in [0.15, 0.2) is 0 Å². The second kappa shape index (κ2) is 8.49. The maximum atomic E-state index is 13.2. The summed E-state index contributed by atoms with van der Waals surface area (Å²) in [4.78, 5) is 28.0. The average Bonchev–Trinajstić information content (AvgIpc) is 2.71. The highest BCUT2D eigenvalue weighted by atomic mass is 35.5. The molecule has 142 valence electrons. The molecule has 0 saturated carbocycles. The van der Waals surface area contributed by atoms with Crippen molar-refractivity contribution in [1.82, 2.24) is 4.98 Å². The van der Waals surface area contributed by atoms with Crippen molar-refractivity contribution < 1.29 is 18.7 Å². The number of nitrogens with zero attached hydrogens (tertiary/aromatic N) is 1. The van der Waals surface area contributed by atoms with Gasteiger partial charge in [0.25, 0.3) is 5.91 Å². The Bertz CT molecular complexity index is 1030. The molecule has 8 heteroatoms. The number of anilines is 3. The van der Waals surface area contributed by atoms with E-state index in [0.29, 0.717) is 22.6 Å². The van der Waals surface area contributed by atoms with Crippen LogP contribution in [0.15, 0.2) is 60.8 Å². The molecule has 0 aliphatic heterocycles. The number of esters is 1. The lowest BCUT2D eigenvalue weighted by Gasteiger charge is -2.09. The minimum absolute atomic E-state index is 0.00291. The van der Waals surface area contributed by atoms with Gasteiger partial charge in [0.1, 0.15) is 11.5 Å². The first-order valence-corrected chi connectivity index (χ1v) is 8.52. The Morgan fingerprint density at radius 2 is 1.82 bits per heavy atom. The van der Waals surface area contributed by atoms with Crippen LogP contribution >= 0.6 is 11.6 Å². The zero-order valence-electron chi connectivity index (χ0n) is 14.7. The fourth-order valence-corrected chi connectivity index (χ4v) is 2.56. The van der Waals surface area contributed by atoms with E-state index in [4.69, 9.17) is 11.6 Å². The zero-order chi connectivity index (χ0) is 20.1. The standard InChI is InChI=1S/C20H15ClFN3O3/c1-28-20(27)12-3-2-4-13(9-12)25-19(26)18-8-6-15(11-23-18)24-14-5-7-17(22)16(21)10-14/h2-11,24H,1H3,(H,25,26). The largest absolute Gasteiger partial charge is 0.465 e. The molecule has 28 heavy (non-hydrogen) atoms. The van der Waals surface area contributed by atoms with Gasteiger partial charge in [0.2, 0.25) is 0 Å². The molecule has 3 rings (SSSR count). The number of rotatable bonds is 5. The maximum absolute atomic E-state index is 13.2. The molecular weight excluding hydrogens is 385 g/mol. The van der Waals surface area contributed by atoms with E-state index < -0.39 is 17.7 Å². The van der Waals surface area contributed by atoms with Crippen LogP contribution in [0.3, 0.4) is 0 Å². The van der Waals surface area contributed by atoms with E-state index in [1.54, 1.807) is 24.3 Å². The number of hydrogen-bond donors (Lipinski definition) is 2. The van der Waals surface area contributed by atoms with Crippen molar-refractivity contribution in [3.8, 4) is 0 Å². The number of halogens is 2. The molecule has 3 aromatic rings. The monoisotopic (exact) mass is 399 g/mol. The summed E-state index contributed by atoms with van der Waals surface area (Å²) in [7, 11) is 1.28. The van der Waals surface area contributed by atoms with E-state index in [1.807, 2.05) is 0 Å². The fraction of sp³-hybridized carbons (Fsp3) is 0.0500. The van der Waals surface area contributed by atoms with Gasteiger partial charge in [-0.2, -0.15) is 0 Å². The zero-order valence-corrected chi connectivity index (χ0v) is 15.5. The van der Waals surface area contributed by atoms with Crippen molar-refractivity contribution in [1.29, 1.82) is 0 Å². The second-order valence-corrected chi connectivity index (χ2v) is 6.12. The first-order chi connectivity index (χ1) is 13.5. The van der Waals surface area contributed by atoms with Crippen LogP contribution in [0.2, 0.25) is 5.02 Å². The van der Waals surface area contributed by atoms with Gasteiger partial charge in [-0.05, 0) is 48.5 Å². The van der Waals surface area contributed by atoms with Gasteiger partial charge in [0.05, 0.1) is 29.6 Å². The summed E-state index contributed by atoms with van der Waals surface area (Å²) in [5.74, 6) is -1.43. The predicted octanol–water partition coefficient (Wildman–Crippen LogP) is 4.66. The molecule has 0 aliphatic rings. The summed E-state index contributed by atoms with van der Waals surface area (Å²) in [6.45, 7) is 0. The van der Waals surface area contributed by atoms with Crippen LogP contribution in [0, 0.1) is 5.82 Å². The first-order valence-electron chi connectivity index (χ1n) is 8.14. The highest BCUT2D eigenvalue weighted by molar-refractivity contribution is 6.31. The predicted molar refractivity (Wildman–Crippen MR) is 105 cm³/mol. The van der Waals surface area contributed by atoms with Gasteiger partial charge < -0.3 is 15.4 Å². The number of ether oxygens (including phenoxy) is 1. The highest BCUT2D eigenvalue weighted by Gasteiger charge is 2.11. The number of methoxy groups -OCH3 is 1. The van der Waals surface area contributed by atoms with E-state index in [-0.39, 0.29) is 10.7 Å². The number of benzene rings is 2. The van der Waals surface area contributed by atoms with Crippen LogP contribution in [0.25, 0.3) is 0 Å². The molecule has 0 saturated heterocycles. The van der Waals surface area contributed by atoms with E-state index >= 15 is 0 Å². The summed E-state index contributed by atoms with van der Waals surface area (Å²) in [6.07, 6.45) is 1.47. The van der Waals surface area contributed by atoms with Gasteiger partial charge in [-0.15, -0.1) is 0 Å². The van der Waals surface area contributed by atoms with E-state index in [0.717, 1.165) is 0 Å². The molecule has 0 unspecified atom stereocenters. The topological polar surface area (TPSA) is 80.3 Å². The Labute approximate surface area is 165 Å². The highest BCUT2D eigenvalue weighted by Crippen LogP contribution is 2.22. The maximum Gasteiger partial charge on any atom is 0.337 e. The third-order valence-electron chi connectivity index (χ3n) is 3.75. The molecule has 1 aromatic heterocycles. The van der Waals surface area contributed by atoms with Crippen molar-refractivity contribution >= 4 is 40.5 Å². The molecule has 0 radical (unpaired) electrons. The van der Waals surface area contributed by atoms with E-state index in [9.17, 15) is 14.0 Å². The molecule has 2 N–H and O–H groups in total. The molecule has 1 amide bonds. The molecule has 2 aromatic carbocycles. The van der Waals surface area contributed by atoms with Crippen LogP contribution in [-0.2, 0) is 4.74 Å². The Kier molecular flexibility index (Phi) is 5.86. The van der Waals surface area contributed by atoms with E-state index in [1.165, 1.54) is 43.6 Å². The van der Waals surface area contributed by atoms with Gasteiger partial charge in [-0.3, -0.25) is 4.79 Å². The number of pyridine rings is 1. The smallest absolute Gasteiger partial charge is 0.337 e. The number of nitrogens with one attached hydrogen (secondary N) is 2. The Hall–Kier alpha value is -3.45. The minimum Gasteiger partial charge on any atom is -0.465 e. The number of hydrogen-bond acceptors (Lipinski definition) is 5. The van der Waals surface area contributed by atoms with Crippen molar-refractivity contribution in [3.63, 3.8) is 0 Å². The molecule has 0 atom stereocenters. The third-order valence-corrected chi connectivity index (χ3v) is 4.04. The lowest BCUT2D eigenvalue weighted by Crippen LogP contribution is -2.14. The minimum atomic E-state index is -0.506. The van der Waals surface area contributed by atoms with Crippen molar-refractivity contribution in [3.05, 3.63) is 82.9 Å². The van der Waals surface area contributed by atoms with Gasteiger partial charge in [-0.1, -0.05) is 17.7 Å². The van der Waals surface area contributed by atoms with Crippen molar-refractivity contribution in [2.75, 3.05) is 17.7 Å². The summed E-state index contributed by atoms with van der Waals surface area (Å²) in [6, 6.07) is 13.8. The Morgan fingerprint density at radius 1 is 1.04 bits per heavy atom. The van der Waals surface area contributed by atoms with Gasteiger partial charge in [-0.25, -0.2) is 14.2 Å². The Morgan fingerprint density at radius 3 is 2.50 bits per heavy atom. The molecule has 0 spiro atoms. The lowest BCUT2D eigenvalue weighted by molar-refractivity contribution is 0.0600. The molecule has 1 heterocycles. The summed E-state index contributed by atoms with van der Waals surface area (Å²) >= 11 is 5.75.